The van der Waals surface area contributed by atoms with Gasteiger partial charge in [0.25, 0.3) is 0 Å². The number of phenolic OH excluding ortho intramolecular Hbond substituents is 2. The minimum absolute atomic E-state index is 0. The molecule has 1 atom stereocenters. The third-order valence-corrected chi connectivity index (χ3v) is 4.47. The molecule has 0 aromatic heterocycles. The second-order valence-electron chi connectivity index (χ2n) is 5.66. The summed E-state index contributed by atoms with van der Waals surface area (Å²) >= 11 is 0. The molecule has 3 N–H and O–H groups in total. The predicted octanol–water partition coefficient (Wildman–Crippen LogP) is 2.69. The Kier molecular flexibility index (Phi) is 7.07. The molecular weight excluding hydrogens is 311 g/mol. The molecule has 1 heterocycles. The van der Waals surface area contributed by atoms with Crippen molar-refractivity contribution in [3.8, 4) is 11.5 Å². The number of benzene rings is 1. The number of piperazine rings is 1. The molecule has 1 saturated carbocycles. The Labute approximate surface area is 138 Å². The van der Waals surface area contributed by atoms with E-state index in [1.54, 1.807) is 18.2 Å². The zero-order valence-corrected chi connectivity index (χ0v) is 13.6. The molecule has 4 nitrogen and oxygen atoms in total. The van der Waals surface area contributed by atoms with Gasteiger partial charge >= 0.3 is 0 Å². The van der Waals surface area contributed by atoms with Crippen LogP contribution in [0, 0.1) is 5.92 Å². The normalized spacial score (nSPS) is 20.8. The first kappa shape index (κ1) is 18.4. The maximum Gasteiger partial charge on any atom is 0.120 e. The van der Waals surface area contributed by atoms with Gasteiger partial charge in [-0.1, -0.05) is 6.42 Å². The lowest BCUT2D eigenvalue weighted by atomic mass is 9.76. The highest BCUT2D eigenvalue weighted by Crippen LogP contribution is 2.44. The molecule has 120 valence electrons. The van der Waals surface area contributed by atoms with Gasteiger partial charge in [-0.2, -0.15) is 0 Å². The lowest BCUT2D eigenvalue weighted by molar-refractivity contribution is 0.0818. The minimum Gasteiger partial charge on any atom is -0.508 e. The van der Waals surface area contributed by atoms with Crippen LogP contribution in [0.15, 0.2) is 18.2 Å². The molecule has 1 aromatic carbocycles. The smallest absolute Gasteiger partial charge is 0.120 e. The highest BCUT2D eigenvalue weighted by Gasteiger charge is 2.35. The van der Waals surface area contributed by atoms with Gasteiger partial charge in [0.2, 0.25) is 0 Å². The number of nitrogens with one attached hydrogen (secondary N) is 1. The monoisotopic (exact) mass is 334 g/mol. The van der Waals surface area contributed by atoms with Crippen LogP contribution in [-0.4, -0.2) is 41.3 Å². The molecule has 1 aromatic rings. The van der Waals surface area contributed by atoms with Gasteiger partial charge in [0.15, 0.2) is 0 Å². The third kappa shape index (κ3) is 3.95. The van der Waals surface area contributed by atoms with Crippen LogP contribution in [0.1, 0.15) is 30.9 Å². The van der Waals surface area contributed by atoms with E-state index in [-0.39, 0.29) is 36.6 Å². The van der Waals surface area contributed by atoms with Crippen molar-refractivity contribution in [3.63, 3.8) is 0 Å². The van der Waals surface area contributed by atoms with Crippen LogP contribution < -0.4 is 5.32 Å². The second kappa shape index (κ2) is 8.08. The predicted molar refractivity (Wildman–Crippen MR) is 88.8 cm³/mol. The van der Waals surface area contributed by atoms with E-state index in [1.165, 1.54) is 19.3 Å². The molecule has 21 heavy (non-hydrogen) atoms. The van der Waals surface area contributed by atoms with Crippen LogP contribution in [-0.2, 0) is 0 Å². The minimum atomic E-state index is 0. The van der Waals surface area contributed by atoms with Crippen molar-refractivity contribution in [3.05, 3.63) is 23.8 Å². The SMILES string of the molecule is Cl.Cl.Oc1ccc(O)c([C@H](C2CCC2)N2CCNCC2)c1. The van der Waals surface area contributed by atoms with E-state index in [4.69, 9.17) is 0 Å². The summed E-state index contributed by atoms with van der Waals surface area (Å²) in [5.74, 6) is 1.17. The summed E-state index contributed by atoms with van der Waals surface area (Å²) in [5.41, 5.74) is 0.895. The first-order valence-corrected chi connectivity index (χ1v) is 7.22. The average Bonchev–Trinajstić information content (AvgIpc) is 2.38. The molecule has 0 spiro atoms. The average molecular weight is 335 g/mol. The summed E-state index contributed by atoms with van der Waals surface area (Å²) in [7, 11) is 0. The summed E-state index contributed by atoms with van der Waals surface area (Å²) < 4.78 is 0. The largest absolute Gasteiger partial charge is 0.508 e. The van der Waals surface area contributed by atoms with Crippen LogP contribution in [0.25, 0.3) is 0 Å². The molecule has 0 amide bonds. The molecule has 3 rings (SSSR count). The molecule has 0 unspecified atom stereocenters. The Hall–Kier alpha value is -0.680. The third-order valence-electron chi connectivity index (χ3n) is 4.47. The zero-order chi connectivity index (χ0) is 13.2. The van der Waals surface area contributed by atoms with Gasteiger partial charge in [0.1, 0.15) is 11.5 Å². The van der Waals surface area contributed by atoms with Crippen molar-refractivity contribution in [2.45, 2.75) is 25.3 Å². The van der Waals surface area contributed by atoms with Gasteiger partial charge < -0.3 is 15.5 Å². The van der Waals surface area contributed by atoms with E-state index in [0.29, 0.717) is 11.7 Å². The quantitative estimate of drug-likeness (QED) is 0.744. The maximum absolute atomic E-state index is 10.2. The second-order valence-corrected chi connectivity index (χ2v) is 5.66. The van der Waals surface area contributed by atoms with E-state index in [0.717, 1.165) is 31.7 Å². The van der Waals surface area contributed by atoms with Crippen molar-refractivity contribution in [1.82, 2.24) is 10.2 Å². The molecule has 0 bridgehead atoms. The molecular formula is C15H24Cl2N2O2. The van der Waals surface area contributed by atoms with Crippen LogP contribution in [0.3, 0.4) is 0 Å². The summed E-state index contributed by atoms with van der Waals surface area (Å²) in [6.45, 7) is 4.03. The van der Waals surface area contributed by atoms with Crippen molar-refractivity contribution >= 4 is 24.8 Å². The van der Waals surface area contributed by atoms with E-state index in [9.17, 15) is 10.2 Å². The van der Waals surface area contributed by atoms with Gasteiger partial charge in [-0.3, -0.25) is 4.90 Å². The summed E-state index contributed by atoms with van der Waals surface area (Å²) in [6, 6.07) is 5.15. The first-order chi connectivity index (χ1) is 9.25. The standard InChI is InChI=1S/C15H22N2O2.2ClH/c18-12-4-5-14(19)13(10-12)15(11-2-1-3-11)17-8-6-16-7-9-17;;/h4-5,10-11,15-16,18-19H,1-3,6-9H2;2*1H/t15-;;/m0../s1. The number of phenols is 2. The topological polar surface area (TPSA) is 55.7 Å². The Bertz CT molecular complexity index is 449. The molecule has 2 fully saturated rings. The fourth-order valence-electron chi connectivity index (χ4n) is 3.24. The highest BCUT2D eigenvalue weighted by atomic mass is 35.5. The van der Waals surface area contributed by atoms with Crippen LogP contribution in [0.2, 0.25) is 0 Å². The Morgan fingerprint density at radius 3 is 2.33 bits per heavy atom. The molecule has 1 aliphatic heterocycles. The Morgan fingerprint density at radius 1 is 1.10 bits per heavy atom. The number of rotatable bonds is 3. The van der Waals surface area contributed by atoms with E-state index in [2.05, 4.69) is 10.2 Å². The number of halogens is 2. The van der Waals surface area contributed by atoms with Crippen molar-refractivity contribution in [2.75, 3.05) is 26.2 Å². The molecule has 1 saturated heterocycles. The first-order valence-electron chi connectivity index (χ1n) is 7.22. The molecule has 0 radical (unpaired) electrons. The van der Waals surface area contributed by atoms with E-state index < -0.39 is 0 Å². The van der Waals surface area contributed by atoms with Gasteiger partial charge in [0.05, 0.1) is 0 Å². The molecule has 1 aliphatic carbocycles. The van der Waals surface area contributed by atoms with Gasteiger partial charge in [-0.25, -0.2) is 0 Å². The Balaban J connectivity index is 0.00000110. The highest BCUT2D eigenvalue weighted by molar-refractivity contribution is 5.85. The molecule has 2 aliphatic rings. The van der Waals surface area contributed by atoms with Crippen LogP contribution in [0.4, 0.5) is 0 Å². The number of nitrogens with zero attached hydrogens (tertiary/aromatic N) is 1. The number of aromatic hydroxyl groups is 2. The van der Waals surface area contributed by atoms with Crippen molar-refractivity contribution < 1.29 is 10.2 Å². The number of hydrogen-bond acceptors (Lipinski definition) is 4. The summed E-state index contributed by atoms with van der Waals surface area (Å²) in [5, 5.41) is 23.2. The van der Waals surface area contributed by atoms with Crippen molar-refractivity contribution in [2.24, 2.45) is 5.92 Å². The van der Waals surface area contributed by atoms with Gasteiger partial charge in [-0.05, 0) is 37.0 Å². The zero-order valence-electron chi connectivity index (χ0n) is 12.0. The van der Waals surface area contributed by atoms with E-state index in [1.807, 2.05) is 0 Å². The van der Waals surface area contributed by atoms with Gasteiger partial charge in [-0.15, -0.1) is 24.8 Å². The summed E-state index contributed by atoms with van der Waals surface area (Å²) in [6.07, 6.45) is 3.74. The van der Waals surface area contributed by atoms with Crippen molar-refractivity contribution in [1.29, 1.82) is 0 Å². The van der Waals surface area contributed by atoms with Gasteiger partial charge in [0, 0.05) is 37.8 Å². The summed E-state index contributed by atoms with van der Waals surface area (Å²) in [4.78, 5) is 2.45. The number of hydrogen-bond donors (Lipinski definition) is 3. The van der Waals surface area contributed by atoms with Crippen LogP contribution in [0.5, 0.6) is 11.5 Å². The van der Waals surface area contributed by atoms with E-state index >= 15 is 0 Å². The lowest BCUT2D eigenvalue weighted by Gasteiger charge is -2.43. The van der Waals surface area contributed by atoms with Crippen LogP contribution >= 0.6 is 24.8 Å². The lowest BCUT2D eigenvalue weighted by Crippen LogP contribution is -2.47. The maximum atomic E-state index is 10.2. The fourth-order valence-corrected chi connectivity index (χ4v) is 3.24. The molecule has 6 heteroatoms. The fraction of sp³-hybridized carbons (Fsp3) is 0.600. The Morgan fingerprint density at radius 2 is 1.76 bits per heavy atom.